The van der Waals surface area contributed by atoms with Crippen molar-refractivity contribution in [3.05, 3.63) is 52.0 Å². The van der Waals surface area contributed by atoms with Gasteiger partial charge in [-0.3, -0.25) is 5.73 Å². The highest BCUT2D eigenvalue weighted by atomic mass is 35.5. The van der Waals surface area contributed by atoms with E-state index in [2.05, 4.69) is 15.8 Å². The Morgan fingerprint density at radius 1 is 1.16 bits per heavy atom. The maximum Gasteiger partial charge on any atom is 0.206 e. The number of nitrogens with two attached hydrogens (primary N) is 1. The summed E-state index contributed by atoms with van der Waals surface area (Å²) in [5.41, 5.74) is 13.3. The number of hydrazine groups is 1. The summed E-state index contributed by atoms with van der Waals surface area (Å²) in [6.07, 6.45) is 2.58. The van der Waals surface area contributed by atoms with Crippen LogP contribution in [0.25, 0.3) is 11.1 Å². The number of nitrogens with zero attached hydrogens (tertiary/aromatic N) is 1. The minimum absolute atomic E-state index is 0. The van der Waals surface area contributed by atoms with E-state index >= 15 is 0 Å². The van der Waals surface area contributed by atoms with Gasteiger partial charge in [-0.05, 0) is 29.8 Å². The molecule has 7 nitrogen and oxygen atoms in total. The van der Waals surface area contributed by atoms with Gasteiger partial charge < -0.3 is 11.6 Å². The Morgan fingerprint density at radius 2 is 1.80 bits per heavy atom. The topological polar surface area (TPSA) is 132 Å². The fraction of sp³-hybridized carbons (Fsp3) is 0.133. The standard InChI is InChI=1S/C15H14Cl2N4O2S.H3N/c1-24(22,23)11-4-2-3-9(5-11)14-12(16)6-10(7-13(14)17)15(18)19-8-20-21-15;/h2-8,21H,18H2,1H3,(H,19,20);1H3. The second-order valence-electron chi connectivity index (χ2n) is 5.41. The normalized spacial score (nSPS) is 19.4. The molecule has 1 atom stereocenters. The van der Waals surface area contributed by atoms with Crippen molar-refractivity contribution in [3.63, 3.8) is 0 Å². The summed E-state index contributed by atoms with van der Waals surface area (Å²) < 4.78 is 23.5. The monoisotopic (exact) mass is 401 g/mol. The lowest BCUT2D eigenvalue weighted by atomic mass is 10.0. The maximum absolute atomic E-state index is 11.7. The van der Waals surface area contributed by atoms with Crippen LogP contribution >= 0.6 is 23.2 Å². The Hall–Kier alpha value is -1.68. The first-order chi connectivity index (χ1) is 11.2. The van der Waals surface area contributed by atoms with Crippen LogP contribution in [0.15, 0.2) is 46.3 Å². The molecule has 3 rings (SSSR count). The number of hydrogen-bond donors (Lipinski definition) is 4. The molecule has 0 aromatic heterocycles. The van der Waals surface area contributed by atoms with Gasteiger partial charge in [0.1, 0.15) is 6.34 Å². The SMILES string of the molecule is CS(=O)(=O)c1cccc(-c2c(Cl)cc(C3(N)N=CNN3)cc2Cl)c1.N. The van der Waals surface area contributed by atoms with Gasteiger partial charge in [0.15, 0.2) is 9.84 Å². The Bertz CT molecular complexity index is 926. The predicted octanol–water partition coefficient (Wildman–Crippen LogP) is 2.43. The first kappa shape index (κ1) is 19.6. The summed E-state index contributed by atoms with van der Waals surface area (Å²) in [7, 11) is -3.33. The van der Waals surface area contributed by atoms with Crippen LogP contribution in [0.1, 0.15) is 5.56 Å². The van der Waals surface area contributed by atoms with Crippen LogP contribution in [-0.2, 0) is 15.6 Å². The number of benzene rings is 2. The van der Waals surface area contributed by atoms with Gasteiger partial charge in [0.05, 0.1) is 14.9 Å². The van der Waals surface area contributed by atoms with Crippen molar-refractivity contribution in [1.29, 1.82) is 0 Å². The minimum Gasteiger partial charge on any atom is -0.344 e. The number of aliphatic imine (C=N–C) groups is 1. The molecule has 134 valence electrons. The molecule has 1 aliphatic heterocycles. The average Bonchev–Trinajstić information content (AvgIpc) is 2.94. The molecule has 1 aliphatic rings. The van der Waals surface area contributed by atoms with Crippen LogP contribution in [0.3, 0.4) is 0 Å². The van der Waals surface area contributed by atoms with E-state index in [0.717, 1.165) is 6.26 Å². The summed E-state index contributed by atoms with van der Waals surface area (Å²) >= 11 is 12.8. The summed E-state index contributed by atoms with van der Waals surface area (Å²) in [5, 5.41) is 0.689. The van der Waals surface area contributed by atoms with Crippen molar-refractivity contribution in [1.82, 2.24) is 17.0 Å². The lowest BCUT2D eigenvalue weighted by Gasteiger charge is -2.22. The molecule has 0 bridgehead atoms. The van der Waals surface area contributed by atoms with E-state index in [4.69, 9.17) is 28.9 Å². The van der Waals surface area contributed by atoms with Gasteiger partial charge in [-0.25, -0.2) is 13.4 Å². The lowest BCUT2D eigenvalue weighted by Crippen LogP contribution is -2.49. The number of nitrogens with one attached hydrogen (secondary N) is 2. The molecule has 2 aromatic carbocycles. The zero-order valence-corrected chi connectivity index (χ0v) is 15.6. The van der Waals surface area contributed by atoms with E-state index < -0.39 is 15.6 Å². The highest BCUT2D eigenvalue weighted by Crippen LogP contribution is 2.38. The molecule has 25 heavy (non-hydrogen) atoms. The van der Waals surface area contributed by atoms with Crippen LogP contribution in [0, 0.1) is 0 Å². The zero-order chi connectivity index (χ0) is 17.5. The van der Waals surface area contributed by atoms with Gasteiger partial charge in [0.25, 0.3) is 0 Å². The third-order valence-electron chi connectivity index (χ3n) is 3.63. The van der Waals surface area contributed by atoms with Crippen LogP contribution in [0.5, 0.6) is 0 Å². The summed E-state index contributed by atoms with van der Waals surface area (Å²) in [6, 6.07) is 9.73. The number of sulfone groups is 1. The van der Waals surface area contributed by atoms with Crippen molar-refractivity contribution in [3.8, 4) is 11.1 Å². The number of rotatable bonds is 3. The van der Waals surface area contributed by atoms with Crippen molar-refractivity contribution in [2.24, 2.45) is 10.7 Å². The van der Waals surface area contributed by atoms with E-state index in [0.29, 0.717) is 26.7 Å². The first-order valence-electron chi connectivity index (χ1n) is 6.86. The van der Waals surface area contributed by atoms with E-state index in [-0.39, 0.29) is 11.0 Å². The fourth-order valence-electron chi connectivity index (χ4n) is 2.41. The largest absolute Gasteiger partial charge is 0.344 e. The molecule has 10 heteroatoms. The van der Waals surface area contributed by atoms with Gasteiger partial charge in [0, 0.05) is 17.4 Å². The van der Waals surface area contributed by atoms with Crippen molar-refractivity contribution in [2.75, 3.05) is 6.26 Å². The number of halogens is 2. The molecule has 0 saturated heterocycles. The summed E-state index contributed by atoms with van der Waals surface area (Å²) in [4.78, 5) is 4.30. The molecule has 0 spiro atoms. The predicted molar refractivity (Wildman–Crippen MR) is 101 cm³/mol. The summed E-state index contributed by atoms with van der Waals surface area (Å²) in [5.74, 6) is -1.17. The van der Waals surface area contributed by atoms with Crippen LogP contribution < -0.4 is 22.7 Å². The van der Waals surface area contributed by atoms with E-state index in [1.165, 1.54) is 18.5 Å². The van der Waals surface area contributed by atoms with Gasteiger partial charge in [-0.2, -0.15) is 5.43 Å². The molecule has 0 fully saturated rings. The lowest BCUT2D eigenvalue weighted by molar-refractivity contribution is 0.375. The van der Waals surface area contributed by atoms with Crippen molar-refractivity contribution in [2.45, 2.75) is 10.7 Å². The first-order valence-corrected chi connectivity index (χ1v) is 9.51. The third-order valence-corrected chi connectivity index (χ3v) is 5.33. The molecule has 2 aromatic rings. The molecule has 1 heterocycles. The van der Waals surface area contributed by atoms with Crippen LogP contribution in [0.2, 0.25) is 10.0 Å². The molecule has 0 radical (unpaired) electrons. The smallest absolute Gasteiger partial charge is 0.206 e. The van der Waals surface area contributed by atoms with Gasteiger partial charge in [0.2, 0.25) is 5.79 Å². The average molecular weight is 402 g/mol. The Balaban J connectivity index is 0.00000225. The van der Waals surface area contributed by atoms with Crippen LogP contribution in [0.4, 0.5) is 0 Å². The van der Waals surface area contributed by atoms with E-state index in [1.807, 2.05) is 0 Å². The second-order valence-corrected chi connectivity index (χ2v) is 8.24. The fourth-order valence-corrected chi connectivity index (χ4v) is 3.78. The Morgan fingerprint density at radius 3 is 2.32 bits per heavy atom. The van der Waals surface area contributed by atoms with E-state index in [1.54, 1.807) is 24.3 Å². The molecule has 7 N–H and O–H groups in total. The van der Waals surface area contributed by atoms with Gasteiger partial charge in [-0.1, -0.05) is 35.3 Å². The van der Waals surface area contributed by atoms with E-state index in [9.17, 15) is 8.42 Å². The molecular weight excluding hydrogens is 385 g/mol. The van der Waals surface area contributed by atoms with Gasteiger partial charge in [-0.15, -0.1) is 0 Å². The van der Waals surface area contributed by atoms with Crippen molar-refractivity contribution >= 4 is 39.4 Å². The second kappa shape index (κ2) is 6.91. The minimum atomic E-state index is -3.33. The molecule has 0 amide bonds. The van der Waals surface area contributed by atoms with Crippen molar-refractivity contribution < 1.29 is 8.42 Å². The Kier molecular flexibility index (Phi) is 5.43. The van der Waals surface area contributed by atoms with Crippen LogP contribution in [-0.4, -0.2) is 21.0 Å². The molecule has 0 saturated carbocycles. The zero-order valence-electron chi connectivity index (χ0n) is 13.3. The quantitative estimate of drug-likeness (QED) is 0.624. The third kappa shape index (κ3) is 3.79. The molecule has 1 unspecified atom stereocenters. The highest BCUT2D eigenvalue weighted by Gasteiger charge is 2.30. The Labute approximate surface area is 155 Å². The maximum atomic E-state index is 11.7. The number of hydrogen-bond acceptors (Lipinski definition) is 7. The molecular formula is C15H17Cl2N5O2S. The summed E-state index contributed by atoms with van der Waals surface area (Å²) in [6.45, 7) is 0. The highest BCUT2D eigenvalue weighted by molar-refractivity contribution is 7.90. The van der Waals surface area contributed by atoms with Gasteiger partial charge >= 0.3 is 0 Å². The molecule has 0 aliphatic carbocycles.